The summed E-state index contributed by atoms with van der Waals surface area (Å²) in [5.74, 6) is -0.164. The van der Waals surface area contributed by atoms with Gasteiger partial charge >= 0.3 is 5.69 Å². The van der Waals surface area contributed by atoms with E-state index < -0.39 is 22.8 Å². The van der Waals surface area contributed by atoms with E-state index in [9.17, 15) is 18.8 Å². The highest BCUT2D eigenvalue weighted by atomic mass is 19.1. The number of methoxy groups -OCH3 is 3. The lowest BCUT2D eigenvalue weighted by atomic mass is 10.1. The van der Waals surface area contributed by atoms with E-state index in [-0.39, 0.29) is 31.0 Å². The molecule has 2 aromatic carbocycles. The first kappa shape index (κ1) is 25.3. The fourth-order valence-corrected chi connectivity index (χ4v) is 3.64. The Morgan fingerprint density at radius 1 is 1.00 bits per heavy atom. The van der Waals surface area contributed by atoms with Crippen molar-refractivity contribution in [2.45, 2.75) is 20.0 Å². The molecule has 0 aliphatic rings. The van der Waals surface area contributed by atoms with Gasteiger partial charge in [0.25, 0.3) is 5.56 Å². The summed E-state index contributed by atoms with van der Waals surface area (Å²) < 4.78 is 31.2. The summed E-state index contributed by atoms with van der Waals surface area (Å²) in [5, 5.41) is 2.93. The molecule has 0 amide bonds. The molecule has 0 spiro atoms. The van der Waals surface area contributed by atoms with Crippen LogP contribution in [0.5, 0.6) is 17.2 Å². The molecule has 0 bridgehead atoms. The molecule has 0 atom stereocenters. The first-order valence-corrected chi connectivity index (χ1v) is 10.7. The third kappa shape index (κ3) is 5.13. The zero-order valence-electron chi connectivity index (χ0n) is 19.9. The minimum absolute atomic E-state index is 0.0359. The predicted octanol–water partition coefficient (Wildman–Crippen LogP) is 2.12. The first-order chi connectivity index (χ1) is 16.7. The second-order valence-corrected chi connectivity index (χ2v) is 7.50. The number of aromatic nitrogens is 2. The molecule has 1 aromatic heterocycles. The normalized spacial score (nSPS) is 10.7. The third-order valence-electron chi connectivity index (χ3n) is 5.43. The third-order valence-corrected chi connectivity index (χ3v) is 5.43. The van der Waals surface area contributed by atoms with Gasteiger partial charge in [0.1, 0.15) is 17.2 Å². The quantitative estimate of drug-likeness (QED) is 0.417. The molecule has 0 radical (unpaired) electrons. The van der Waals surface area contributed by atoms with E-state index in [0.29, 0.717) is 28.5 Å². The number of nitrogens with two attached hydrogens (primary N) is 1. The highest BCUT2D eigenvalue weighted by Gasteiger charge is 2.23. The van der Waals surface area contributed by atoms with Crippen molar-refractivity contribution in [1.82, 2.24) is 9.13 Å². The van der Waals surface area contributed by atoms with Gasteiger partial charge in [0.15, 0.2) is 17.3 Å². The SMILES string of the molecule is CCn1c(=O)c(C(=O)CNc2cc(OC)c(OC)c(OC)c2)c(N)n(Cc2ccc(F)cc2)c1=O. The van der Waals surface area contributed by atoms with Crippen LogP contribution < -0.4 is 36.5 Å². The summed E-state index contributed by atoms with van der Waals surface area (Å²) in [6, 6.07) is 8.71. The topological polar surface area (TPSA) is 127 Å². The number of carbonyl (C=O) groups excluding carboxylic acids is 1. The van der Waals surface area contributed by atoms with Crippen molar-refractivity contribution < 1.29 is 23.4 Å². The Balaban J connectivity index is 1.97. The molecule has 186 valence electrons. The van der Waals surface area contributed by atoms with Crippen LogP contribution in [0.2, 0.25) is 0 Å². The Hall–Kier alpha value is -4.28. The molecule has 11 heteroatoms. The van der Waals surface area contributed by atoms with Gasteiger partial charge in [0, 0.05) is 24.4 Å². The number of hydrogen-bond acceptors (Lipinski definition) is 8. The summed E-state index contributed by atoms with van der Waals surface area (Å²) in [6.07, 6.45) is 0. The van der Waals surface area contributed by atoms with E-state index in [2.05, 4.69) is 5.32 Å². The Kier molecular flexibility index (Phi) is 7.80. The summed E-state index contributed by atoms with van der Waals surface area (Å²) >= 11 is 0. The van der Waals surface area contributed by atoms with E-state index in [4.69, 9.17) is 19.9 Å². The fourth-order valence-electron chi connectivity index (χ4n) is 3.64. The molecule has 0 aliphatic carbocycles. The Bertz CT molecular complexity index is 1320. The van der Waals surface area contributed by atoms with Gasteiger partial charge in [-0.1, -0.05) is 12.1 Å². The first-order valence-electron chi connectivity index (χ1n) is 10.7. The molecule has 3 rings (SSSR count). The highest BCUT2D eigenvalue weighted by Crippen LogP contribution is 2.39. The van der Waals surface area contributed by atoms with Gasteiger partial charge in [-0.3, -0.25) is 18.7 Å². The van der Waals surface area contributed by atoms with Gasteiger partial charge in [0.05, 0.1) is 34.4 Å². The van der Waals surface area contributed by atoms with Crippen LogP contribution in [0.25, 0.3) is 0 Å². The number of Topliss-reactive ketones (excluding diaryl/α,β-unsaturated/α-hetero) is 1. The maximum Gasteiger partial charge on any atom is 0.332 e. The second kappa shape index (κ2) is 10.8. The van der Waals surface area contributed by atoms with E-state index in [1.54, 1.807) is 19.1 Å². The van der Waals surface area contributed by atoms with Gasteiger partial charge < -0.3 is 25.3 Å². The monoisotopic (exact) mass is 486 g/mol. The number of halogens is 1. The molecule has 10 nitrogen and oxygen atoms in total. The Morgan fingerprint density at radius 3 is 2.11 bits per heavy atom. The molecule has 0 saturated carbocycles. The molecule has 0 unspecified atom stereocenters. The van der Waals surface area contributed by atoms with Crippen molar-refractivity contribution in [1.29, 1.82) is 0 Å². The molecular weight excluding hydrogens is 459 g/mol. The Labute approximate surface area is 200 Å². The largest absolute Gasteiger partial charge is 0.493 e. The fraction of sp³-hybridized carbons (Fsp3) is 0.292. The lowest BCUT2D eigenvalue weighted by Crippen LogP contribution is -2.44. The lowest BCUT2D eigenvalue weighted by Gasteiger charge is -2.17. The second-order valence-electron chi connectivity index (χ2n) is 7.50. The zero-order valence-corrected chi connectivity index (χ0v) is 19.9. The van der Waals surface area contributed by atoms with Crippen LogP contribution >= 0.6 is 0 Å². The van der Waals surface area contributed by atoms with Gasteiger partial charge in [-0.25, -0.2) is 9.18 Å². The molecule has 3 N–H and O–H groups in total. The van der Waals surface area contributed by atoms with Crippen molar-refractivity contribution in [3.63, 3.8) is 0 Å². The van der Waals surface area contributed by atoms with Crippen LogP contribution in [0.3, 0.4) is 0 Å². The smallest absolute Gasteiger partial charge is 0.332 e. The zero-order chi connectivity index (χ0) is 25.7. The van der Waals surface area contributed by atoms with Crippen LogP contribution in [0, 0.1) is 5.82 Å². The number of nitrogen functional groups attached to an aromatic ring is 1. The van der Waals surface area contributed by atoms with E-state index >= 15 is 0 Å². The molecule has 0 fully saturated rings. The Morgan fingerprint density at radius 2 is 1.60 bits per heavy atom. The predicted molar refractivity (Wildman–Crippen MR) is 129 cm³/mol. The van der Waals surface area contributed by atoms with Crippen molar-refractivity contribution in [2.24, 2.45) is 0 Å². The van der Waals surface area contributed by atoms with Gasteiger partial charge in [-0.15, -0.1) is 0 Å². The number of rotatable bonds is 10. The van der Waals surface area contributed by atoms with Crippen LogP contribution in [0.4, 0.5) is 15.9 Å². The molecular formula is C24H27FN4O6. The van der Waals surface area contributed by atoms with Crippen LogP contribution in [0.15, 0.2) is 46.0 Å². The standard InChI is InChI=1S/C24H27FN4O6/c1-5-28-23(31)20(22(26)29(24(28)32)13-14-6-8-15(25)9-7-14)17(30)12-27-16-10-18(33-2)21(35-4)19(11-16)34-3/h6-11,27H,5,12-13,26H2,1-4H3. The number of hydrogen-bond donors (Lipinski definition) is 2. The summed E-state index contributed by atoms with van der Waals surface area (Å²) in [5.41, 5.74) is 5.46. The molecule has 0 saturated heterocycles. The number of benzene rings is 2. The average molecular weight is 487 g/mol. The van der Waals surface area contributed by atoms with Crippen LogP contribution in [-0.2, 0) is 13.1 Å². The number of nitrogens with zero attached hydrogens (tertiary/aromatic N) is 2. The van der Waals surface area contributed by atoms with E-state index in [1.807, 2.05) is 0 Å². The van der Waals surface area contributed by atoms with Crippen LogP contribution in [-0.4, -0.2) is 42.8 Å². The van der Waals surface area contributed by atoms with Crippen molar-refractivity contribution in [3.05, 3.63) is 74.2 Å². The number of ketones is 1. The minimum Gasteiger partial charge on any atom is -0.493 e. The summed E-state index contributed by atoms with van der Waals surface area (Å²) in [7, 11) is 4.40. The molecule has 3 aromatic rings. The highest BCUT2D eigenvalue weighted by molar-refractivity contribution is 6.02. The maximum atomic E-state index is 13.3. The van der Waals surface area contributed by atoms with Gasteiger partial charge in [-0.05, 0) is 24.6 Å². The number of anilines is 2. The van der Waals surface area contributed by atoms with Crippen LogP contribution in [0.1, 0.15) is 22.8 Å². The lowest BCUT2D eigenvalue weighted by molar-refractivity contribution is 0.100. The minimum atomic E-state index is -0.776. The number of nitrogens with one attached hydrogen (secondary N) is 1. The summed E-state index contributed by atoms with van der Waals surface area (Å²) in [6.45, 7) is 1.33. The molecule has 35 heavy (non-hydrogen) atoms. The summed E-state index contributed by atoms with van der Waals surface area (Å²) in [4.78, 5) is 38.9. The van der Waals surface area contributed by atoms with E-state index in [1.165, 1.54) is 45.6 Å². The van der Waals surface area contributed by atoms with Crippen molar-refractivity contribution >= 4 is 17.3 Å². The molecule has 0 aliphatic heterocycles. The molecule has 1 heterocycles. The van der Waals surface area contributed by atoms with Gasteiger partial charge in [0.2, 0.25) is 5.75 Å². The van der Waals surface area contributed by atoms with E-state index in [0.717, 1.165) is 9.13 Å². The van der Waals surface area contributed by atoms with Crippen molar-refractivity contribution in [3.8, 4) is 17.2 Å². The van der Waals surface area contributed by atoms with Gasteiger partial charge in [-0.2, -0.15) is 0 Å². The average Bonchev–Trinajstić information content (AvgIpc) is 2.85. The van der Waals surface area contributed by atoms with Crippen molar-refractivity contribution in [2.75, 3.05) is 38.9 Å². The number of ether oxygens (including phenoxy) is 3. The maximum absolute atomic E-state index is 13.3. The number of carbonyl (C=O) groups is 1.